The van der Waals surface area contributed by atoms with Gasteiger partial charge in [0, 0.05) is 0 Å². The first-order valence-corrected chi connectivity index (χ1v) is 7.52. The van der Waals surface area contributed by atoms with E-state index in [9.17, 15) is 22.8 Å². The molecule has 26 heavy (non-hydrogen) atoms. The van der Waals surface area contributed by atoms with Gasteiger partial charge >= 0.3 is 12.1 Å². The summed E-state index contributed by atoms with van der Waals surface area (Å²) >= 11 is 0. The van der Waals surface area contributed by atoms with Crippen LogP contribution in [0.2, 0.25) is 0 Å². The second-order valence-electron chi connectivity index (χ2n) is 6.23. The lowest BCUT2D eigenvalue weighted by atomic mass is 10.1. The molecule has 1 aromatic rings. The quantitative estimate of drug-likeness (QED) is 0.267. The van der Waals surface area contributed by atoms with Gasteiger partial charge in [0.15, 0.2) is 0 Å². The number of nitrogens with zero attached hydrogens (tertiary/aromatic N) is 1. The topological polar surface area (TPSA) is 65.0 Å². The van der Waals surface area contributed by atoms with Gasteiger partial charge in [-0.05, 0) is 51.3 Å². The maximum atomic E-state index is 12.7. The first-order chi connectivity index (χ1) is 11.9. The molecule has 0 bridgehead atoms. The third-order valence-corrected chi connectivity index (χ3v) is 2.78. The summed E-state index contributed by atoms with van der Waals surface area (Å²) in [5, 5.41) is 3.57. The molecule has 5 nitrogen and oxygen atoms in total. The number of carbonyl (C=O) groups excluding carboxylic acids is 2. The number of halogens is 3. The molecule has 0 aliphatic carbocycles. The number of hydrogen-bond donors (Lipinski definition) is 0. The van der Waals surface area contributed by atoms with Gasteiger partial charge in [-0.15, -0.1) is 0 Å². The normalized spacial score (nSPS) is 12.0. The highest BCUT2D eigenvalue weighted by molar-refractivity contribution is 6.34. The van der Waals surface area contributed by atoms with Gasteiger partial charge in [0.1, 0.15) is 11.7 Å². The van der Waals surface area contributed by atoms with E-state index in [0.29, 0.717) is 0 Å². The Morgan fingerprint density at radius 2 is 1.85 bits per heavy atom. The van der Waals surface area contributed by atoms with Gasteiger partial charge in [0.2, 0.25) is 0 Å². The summed E-state index contributed by atoms with van der Waals surface area (Å²) < 4.78 is 42.9. The zero-order valence-corrected chi connectivity index (χ0v) is 14.7. The van der Waals surface area contributed by atoms with Crippen LogP contribution in [0.25, 0.3) is 0 Å². The minimum atomic E-state index is -4.46. The number of hydrogen-bond acceptors (Lipinski definition) is 5. The summed E-state index contributed by atoms with van der Waals surface area (Å²) in [6, 6.07) is 4.57. The van der Waals surface area contributed by atoms with E-state index in [2.05, 4.69) is 22.0 Å². The van der Waals surface area contributed by atoms with Crippen molar-refractivity contribution in [3.8, 4) is 12.0 Å². The largest absolute Gasteiger partial charge is 0.454 e. The summed E-state index contributed by atoms with van der Waals surface area (Å²) in [5.41, 5.74) is -1.21. The van der Waals surface area contributed by atoms with E-state index in [1.807, 2.05) is 0 Å². The predicted molar refractivity (Wildman–Crippen MR) is 88.0 cm³/mol. The van der Waals surface area contributed by atoms with Crippen LogP contribution in [0.4, 0.5) is 13.2 Å². The monoisotopic (exact) mass is 369 g/mol. The number of ketones is 1. The molecule has 0 spiro atoms. The van der Waals surface area contributed by atoms with Crippen molar-refractivity contribution in [1.82, 2.24) is 0 Å². The highest BCUT2D eigenvalue weighted by Crippen LogP contribution is 2.29. The Bertz CT molecular complexity index is 765. The van der Waals surface area contributed by atoms with Crippen LogP contribution in [0, 0.1) is 12.0 Å². The number of ether oxygens (including phenoxy) is 1. The van der Waals surface area contributed by atoms with Crippen LogP contribution in [0.15, 0.2) is 29.4 Å². The van der Waals surface area contributed by atoms with Crippen LogP contribution in [0.1, 0.15) is 45.2 Å². The summed E-state index contributed by atoms with van der Waals surface area (Å²) in [6.45, 7) is 6.32. The van der Waals surface area contributed by atoms with Crippen molar-refractivity contribution >= 4 is 17.5 Å². The van der Waals surface area contributed by atoms with Gasteiger partial charge in [-0.25, -0.2) is 4.79 Å². The molecule has 0 unspecified atom stereocenters. The first kappa shape index (κ1) is 21.2. The number of rotatable bonds is 4. The van der Waals surface area contributed by atoms with Crippen molar-refractivity contribution in [3.05, 3.63) is 35.4 Å². The number of carbonyl (C=O) groups is 2. The zero-order chi connectivity index (χ0) is 20.0. The van der Waals surface area contributed by atoms with Gasteiger partial charge in [-0.3, -0.25) is 4.79 Å². The zero-order valence-electron chi connectivity index (χ0n) is 14.7. The van der Waals surface area contributed by atoms with E-state index >= 15 is 0 Å². The SMILES string of the molecule is CC(=NOC#CCC(=O)C(=O)OC(C)(C)C)c1cccc(C(F)(F)F)c1. The molecule has 0 aromatic heterocycles. The molecular formula is C18H18F3NO4. The maximum absolute atomic E-state index is 12.7. The van der Waals surface area contributed by atoms with E-state index in [4.69, 9.17) is 4.74 Å². The van der Waals surface area contributed by atoms with Gasteiger partial charge in [-0.2, -0.15) is 13.2 Å². The van der Waals surface area contributed by atoms with Crippen molar-refractivity contribution in [2.45, 2.75) is 45.9 Å². The van der Waals surface area contributed by atoms with E-state index in [-0.39, 0.29) is 11.3 Å². The first-order valence-electron chi connectivity index (χ1n) is 7.52. The summed E-state index contributed by atoms with van der Waals surface area (Å²) in [6.07, 6.45) is -2.79. The molecule has 1 aromatic carbocycles. The molecule has 0 saturated carbocycles. The molecule has 0 N–H and O–H groups in total. The van der Waals surface area contributed by atoms with Crippen molar-refractivity contribution in [2.75, 3.05) is 0 Å². The number of Topliss-reactive ketones (excluding diaryl/α,β-unsaturated/α-hetero) is 1. The van der Waals surface area contributed by atoms with Crippen LogP contribution in [0.3, 0.4) is 0 Å². The Hall–Kier alpha value is -2.82. The summed E-state index contributed by atoms with van der Waals surface area (Å²) in [7, 11) is 0. The minimum absolute atomic E-state index is 0.170. The number of benzene rings is 1. The fourth-order valence-electron chi connectivity index (χ4n) is 1.62. The molecule has 0 aliphatic heterocycles. The predicted octanol–water partition coefficient (Wildman–Crippen LogP) is 3.71. The second-order valence-corrected chi connectivity index (χ2v) is 6.23. The number of alkyl halides is 3. The second kappa shape index (κ2) is 8.52. The summed E-state index contributed by atoms with van der Waals surface area (Å²) in [5.74, 6) is 0.442. The average molecular weight is 369 g/mol. The highest BCUT2D eigenvalue weighted by atomic mass is 19.4. The van der Waals surface area contributed by atoms with E-state index in [0.717, 1.165) is 12.1 Å². The van der Waals surface area contributed by atoms with Gasteiger partial charge in [0.25, 0.3) is 5.78 Å². The summed E-state index contributed by atoms with van der Waals surface area (Å²) in [4.78, 5) is 27.6. The van der Waals surface area contributed by atoms with Crippen molar-refractivity contribution in [2.24, 2.45) is 5.16 Å². The van der Waals surface area contributed by atoms with Crippen LogP contribution >= 0.6 is 0 Å². The maximum Gasteiger partial charge on any atom is 0.416 e. The van der Waals surface area contributed by atoms with Crippen LogP contribution < -0.4 is 0 Å². The Labute approximate surface area is 149 Å². The third-order valence-electron chi connectivity index (χ3n) is 2.78. The molecule has 8 heteroatoms. The lowest BCUT2D eigenvalue weighted by molar-refractivity contribution is -0.162. The van der Waals surface area contributed by atoms with E-state index < -0.39 is 35.5 Å². The highest BCUT2D eigenvalue weighted by Gasteiger charge is 2.30. The van der Waals surface area contributed by atoms with Crippen LogP contribution in [-0.4, -0.2) is 23.1 Å². The minimum Gasteiger partial charge on any atom is -0.454 e. The third kappa shape index (κ3) is 7.38. The lowest BCUT2D eigenvalue weighted by Crippen LogP contribution is -2.28. The van der Waals surface area contributed by atoms with Crippen molar-refractivity contribution < 1.29 is 32.3 Å². The molecule has 0 heterocycles. The Morgan fingerprint density at radius 1 is 1.19 bits per heavy atom. The van der Waals surface area contributed by atoms with Gasteiger partial charge in [-0.1, -0.05) is 17.3 Å². The molecular weight excluding hydrogens is 351 g/mol. The average Bonchev–Trinajstić information content (AvgIpc) is 2.51. The fourth-order valence-corrected chi connectivity index (χ4v) is 1.62. The molecule has 1 rings (SSSR count). The van der Waals surface area contributed by atoms with Gasteiger partial charge < -0.3 is 9.57 Å². The Kier molecular flexibility index (Phi) is 6.95. The Balaban J connectivity index is 2.64. The van der Waals surface area contributed by atoms with Crippen molar-refractivity contribution in [3.63, 3.8) is 0 Å². The molecule has 0 atom stereocenters. The van der Waals surface area contributed by atoms with E-state index in [1.165, 1.54) is 19.1 Å². The lowest BCUT2D eigenvalue weighted by Gasteiger charge is -2.18. The fraction of sp³-hybridized carbons (Fsp3) is 0.389. The van der Waals surface area contributed by atoms with Gasteiger partial charge in [0.05, 0.1) is 17.7 Å². The number of oxime groups is 1. The van der Waals surface area contributed by atoms with E-state index in [1.54, 1.807) is 20.8 Å². The molecule has 0 saturated heterocycles. The molecule has 0 amide bonds. The standard InChI is InChI=1S/C18H18F3NO4/c1-12(13-7-5-8-14(11-13)18(19,20)21)22-25-10-6-9-15(23)16(24)26-17(2,3)4/h5,7-8,11H,9H2,1-4H3. The number of esters is 1. The van der Waals surface area contributed by atoms with Crippen LogP contribution in [0.5, 0.6) is 0 Å². The molecule has 0 radical (unpaired) electrons. The molecule has 140 valence electrons. The van der Waals surface area contributed by atoms with Crippen LogP contribution in [-0.2, 0) is 25.3 Å². The smallest absolute Gasteiger partial charge is 0.416 e. The van der Waals surface area contributed by atoms with Crippen molar-refractivity contribution in [1.29, 1.82) is 0 Å². The Morgan fingerprint density at radius 3 is 2.42 bits per heavy atom. The molecule has 0 aliphatic rings. The molecule has 0 fully saturated rings.